The number of hydrogen-bond acceptors (Lipinski definition) is 2. The molecule has 2 rings (SSSR count). The van der Waals surface area contributed by atoms with E-state index in [9.17, 15) is 4.79 Å². The molecule has 2 aromatic rings. The topological polar surface area (TPSA) is 42.0 Å². The fraction of sp³-hybridized carbons (Fsp3) is 0. The summed E-state index contributed by atoms with van der Waals surface area (Å²) in [5.41, 5.74) is 1.23. The minimum atomic E-state index is -0.175. The highest BCUT2D eigenvalue weighted by Gasteiger charge is 2.10. The quantitative estimate of drug-likeness (QED) is 0.831. The van der Waals surface area contributed by atoms with E-state index in [0.717, 1.165) is 4.47 Å². The lowest BCUT2D eigenvalue weighted by Gasteiger charge is -2.07. The van der Waals surface area contributed by atoms with E-state index < -0.39 is 0 Å². The highest BCUT2D eigenvalue weighted by molar-refractivity contribution is 9.10. The van der Waals surface area contributed by atoms with Crippen LogP contribution in [0.1, 0.15) is 10.4 Å². The molecule has 0 unspecified atom stereocenters. The number of rotatable bonds is 2. The van der Waals surface area contributed by atoms with Gasteiger partial charge in [-0.05, 0) is 56.1 Å². The molecule has 1 N–H and O–H groups in total. The van der Waals surface area contributed by atoms with Crippen LogP contribution in [-0.2, 0) is 0 Å². The number of amides is 1. The third kappa shape index (κ3) is 2.92. The Hall–Kier alpha value is -1.20. The Kier molecular flexibility index (Phi) is 3.91. The Balaban J connectivity index is 2.24. The molecule has 0 spiro atoms. The lowest BCUT2D eigenvalue weighted by molar-refractivity contribution is 0.102. The van der Waals surface area contributed by atoms with Crippen molar-refractivity contribution in [1.29, 1.82) is 0 Å². The molecule has 0 radical (unpaired) electrons. The summed E-state index contributed by atoms with van der Waals surface area (Å²) >= 11 is 6.62. The first-order chi connectivity index (χ1) is 8.18. The van der Waals surface area contributed by atoms with E-state index in [1.165, 1.54) is 0 Å². The maximum atomic E-state index is 12.0. The molecule has 17 heavy (non-hydrogen) atoms. The second kappa shape index (κ2) is 5.42. The molecule has 0 atom stereocenters. The molecule has 0 aliphatic rings. The lowest BCUT2D eigenvalue weighted by atomic mass is 10.2. The van der Waals surface area contributed by atoms with Gasteiger partial charge in [-0.2, -0.15) is 0 Å². The Morgan fingerprint density at radius 1 is 1.12 bits per heavy atom. The van der Waals surface area contributed by atoms with Crippen molar-refractivity contribution >= 4 is 43.5 Å². The summed E-state index contributed by atoms with van der Waals surface area (Å²) in [6.45, 7) is 0. The number of pyridine rings is 1. The van der Waals surface area contributed by atoms with Gasteiger partial charge in [0.05, 0.1) is 11.3 Å². The molecule has 0 saturated carbocycles. The van der Waals surface area contributed by atoms with Gasteiger partial charge in [0.25, 0.3) is 5.91 Å². The number of carbonyl (C=O) groups is 1. The van der Waals surface area contributed by atoms with Gasteiger partial charge >= 0.3 is 0 Å². The van der Waals surface area contributed by atoms with Gasteiger partial charge in [-0.25, -0.2) is 4.98 Å². The van der Waals surface area contributed by atoms with Crippen molar-refractivity contribution in [3.05, 3.63) is 57.2 Å². The summed E-state index contributed by atoms with van der Waals surface area (Å²) in [4.78, 5) is 16.0. The number of hydrogen-bond donors (Lipinski definition) is 1. The normalized spacial score (nSPS) is 10.0. The fourth-order valence-electron chi connectivity index (χ4n) is 1.31. The summed E-state index contributed by atoms with van der Waals surface area (Å²) in [5.74, 6) is -0.175. The zero-order chi connectivity index (χ0) is 12.3. The van der Waals surface area contributed by atoms with Crippen LogP contribution in [0.2, 0.25) is 0 Å². The van der Waals surface area contributed by atoms with Crippen molar-refractivity contribution < 1.29 is 4.79 Å². The zero-order valence-corrected chi connectivity index (χ0v) is 11.8. The standard InChI is InChI=1S/C12H8Br2N2O/c13-9-5-2-1-4-8(9)12(17)16-10-6-3-7-15-11(10)14/h1-7H,(H,16,17). The molecule has 0 aliphatic heterocycles. The largest absolute Gasteiger partial charge is 0.320 e. The molecule has 86 valence electrons. The van der Waals surface area contributed by atoms with Crippen LogP contribution in [0.4, 0.5) is 5.69 Å². The summed E-state index contributed by atoms with van der Waals surface area (Å²) in [7, 11) is 0. The summed E-state index contributed by atoms with van der Waals surface area (Å²) in [6, 6.07) is 10.8. The molecule has 5 heteroatoms. The Labute approximate surface area is 116 Å². The molecule has 1 heterocycles. The van der Waals surface area contributed by atoms with Crippen LogP contribution in [-0.4, -0.2) is 10.9 Å². The molecule has 1 aromatic heterocycles. The van der Waals surface area contributed by atoms with Gasteiger partial charge in [-0.15, -0.1) is 0 Å². The van der Waals surface area contributed by atoms with Crippen molar-refractivity contribution in [3.8, 4) is 0 Å². The van der Waals surface area contributed by atoms with Crippen LogP contribution in [0.15, 0.2) is 51.7 Å². The zero-order valence-electron chi connectivity index (χ0n) is 8.65. The van der Waals surface area contributed by atoms with Crippen LogP contribution in [0.5, 0.6) is 0 Å². The van der Waals surface area contributed by atoms with Gasteiger partial charge in [-0.1, -0.05) is 12.1 Å². The summed E-state index contributed by atoms with van der Waals surface area (Å²) in [6.07, 6.45) is 1.65. The summed E-state index contributed by atoms with van der Waals surface area (Å²) < 4.78 is 1.37. The van der Waals surface area contributed by atoms with Crippen molar-refractivity contribution in [3.63, 3.8) is 0 Å². The van der Waals surface area contributed by atoms with Crippen molar-refractivity contribution in [2.24, 2.45) is 0 Å². The van der Waals surface area contributed by atoms with E-state index in [4.69, 9.17) is 0 Å². The number of nitrogens with zero attached hydrogens (tertiary/aromatic N) is 1. The van der Waals surface area contributed by atoms with E-state index in [2.05, 4.69) is 42.2 Å². The number of anilines is 1. The predicted molar refractivity (Wildman–Crippen MR) is 74.0 cm³/mol. The molecular weight excluding hydrogens is 348 g/mol. The van der Waals surface area contributed by atoms with E-state index in [1.807, 2.05) is 18.2 Å². The molecule has 0 bridgehead atoms. The molecule has 0 aliphatic carbocycles. The number of halogens is 2. The third-order valence-electron chi connectivity index (χ3n) is 2.13. The van der Waals surface area contributed by atoms with Crippen molar-refractivity contribution in [1.82, 2.24) is 4.98 Å². The van der Waals surface area contributed by atoms with Crippen LogP contribution in [0.25, 0.3) is 0 Å². The monoisotopic (exact) mass is 354 g/mol. The first-order valence-corrected chi connectivity index (χ1v) is 6.43. The first-order valence-electron chi connectivity index (χ1n) is 4.85. The molecule has 3 nitrogen and oxygen atoms in total. The molecule has 1 aromatic carbocycles. The van der Waals surface area contributed by atoms with Crippen LogP contribution in [0, 0.1) is 0 Å². The lowest BCUT2D eigenvalue weighted by Crippen LogP contribution is -2.13. The Morgan fingerprint density at radius 2 is 1.88 bits per heavy atom. The van der Waals surface area contributed by atoms with E-state index in [0.29, 0.717) is 15.9 Å². The van der Waals surface area contributed by atoms with Gasteiger partial charge in [-0.3, -0.25) is 4.79 Å². The SMILES string of the molecule is O=C(Nc1cccnc1Br)c1ccccc1Br. The number of benzene rings is 1. The van der Waals surface area contributed by atoms with Gasteiger partial charge in [0.15, 0.2) is 0 Å². The molecule has 0 saturated heterocycles. The minimum Gasteiger partial charge on any atom is -0.320 e. The molecule has 0 fully saturated rings. The fourth-order valence-corrected chi connectivity index (χ4v) is 2.13. The number of aromatic nitrogens is 1. The number of nitrogens with one attached hydrogen (secondary N) is 1. The highest BCUT2D eigenvalue weighted by Crippen LogP contribution is 2.21. The number of carbonyl (C=O) groups excluding carboxylic acids is 1. The van der Waals surface area contributed by atoms with Crippen LogP contribution < -0.4 is 5.32 Å². The maximum absolute atomic E-state index is 12.0. The predicted octanol–water partition coefficient (Wildman–Crippen LogP) is 3.86. The van der Waals surface area contributed by atoms with Crippen molar-refractivity contribution in [2.45, 2.75) is 0 Å². The highest BCUT2D eigenvalue weighted by atomic mass is 79.9. The van der Waals surface area contributed by atoms with E-state index in [-0.39, 0.29) is 5.91 Å². The Morgan fingerprint density at radius 3 is 2.59 bits per heavy atom. The summed E-state index contributed by atoms with van der Waals surface area (Å²) in [5, 5.41) is 2.79. The molecular formula is C12H8Br2N2O. The van der Waals surface area contributed by atoms with Gasteiger partial charge < -0.3 is 5.32 Å². The first kappa shape index (κ1) is 12.3. The van der Waals surface area contributed by atoms with E-state index in [1.54, 1.807) is 24.4 Å². The Bertz CT molecular complexity index is 558. The van der Waals surface area contributed by atoms with Crippen LogP contribution in [0.3, 0.4) is 0 Å². The van der Waals surface area contributed by atoms with Crippen molar-refractivity contribution in [2.75, 3.05) is 5.32 Å². The van der Waals surface area contributed by atoms with E-state index >= 15 is 0 Å². The maximum Gasteiger partial charge on any atom is 0.256 e. The van der Waals surface area contributed by atoms with Gasteiger partial charge in [0, 0.05) is 10.7 Å². The minimum absolute atomic E-state index is 0.175. The second-order valence-corrected chi connectivity index (χ2v) is 4.88. The average Bonchev–Trinajstić information content (AvgIpc) is 2.32. The average molecular weight is 356 g/mol. The van der Waals surface area contributed by atoms with Gasteiger partial charge in [0.1, 0.15) is 4.60 Å². The smallest absolute Gasteiger partial charge is 0.256 e. The second-order valence-electron chi connectivity index (χ2n) is 3.28. The third-order valence-corrected chi connectivity index (χ3v) is 3.45. The van der Waals surface area contributed by atoms with Gasteiger partial charge in [0.2, 0.25) is 0 Å². The molecule has 1 amide bonds. The van der Waals surface area contributed by atoms with Crippen LogP contribution >= 0.6 is 31.9 Å².